The fourth-order valence-corrected chi connectivity index (χ4v) is 3.36. The first-order valence-corrected chi connectivity index (χ1v) is 9.05. The maximum Gasteiger partial charge on any atom is 0.219 e. The third-order valence-electron chi connectivity index (χ3n) is 4.77. The highest BCUT2D eigenvalue weighted by molar-refractivity contribution is 5.73. The van der Waals surface area contributed by atoms with E-state index in [1.54, 1.807) is 6.92 Å². The molecule has 0 saturated carbocycles. The minimum atomic E-state index is 0.0809. The van der Waals surface area contributed by atoms with Gasteiger partial charge in [0, 0.05) is 24.6 Å². The number of benzene rings is 1. The van der Waals surface area contributed by atoms with Crippen molar-refractivity contribution >= 4 is 11.7 Å². The van der Waals surface area contributed by atoms with E-state index in [9.17, 15) is 4.79 Å². The number of amides is 1. The first kappa shape index (κ1) is 17.2. The van der Waals surface area contributed by atoms with Crippen LogP contribution in [0.3, 0.4) is 0 Å². The minimum Gasteiger partial charge on any atom is -0.364 e. The lowest BCUT2D eigenvalue weighted by Gasteiger charge is -2.28. The highest BCUT2D eigenvalue weighted by Gasteiger charge is 2.23. The van der Waals surface area contributed by atoms with Crippen LogP contribution >= 0.6 is 0 Å². The van der Waals surface area contributed by atoms with Crippen molar-refractivity contribution in [3.63, 3.8) is 0 Å². The van der Waals surface area contributed by atoms with E-state index in [0.717, 1.165) is 40.4 Å². The standard InChI is InChI=1S/C20H22N6O/c1-13-22-19-12-26(14(2)27)9-8-17(19)20(23-13)21-11-16-10-18(25-24-16)15-6-4-3-5-7-15/h3-7,10H,8-9,11-12H2,1-2H3,(H,24,25)(H,21,22,23). The number of H-pyrrole nitrogens is 1. The van der Waals surface area contributed by atoms with Crippen LogP contribution in [0.25, 0.3) is 11.3 Å². The predicted octanol–water partition coefficient (Wildman–Crippen LogP) is 2.69. The molecule has 1 aliphatic heterocycles. The van der Waals surface area contributed by atoms with E-state index >= 15 is 0 Å². The summed E-state index contributed by atoms with van der Waals surface area (Å²) in [6.07, 6.45) is 0.760. The SMILES string of the molecule is CC(=O)N1CCc2c(nc(C)nc2NCc2cc(-c3ccccc3)n[nH]2)C1. The number of carbonyl (C=O) groups excluding carboxylic acids is 1. The number of nitrogens with zero attached hydrogens (tertiary/aromatic N) is 4. The van der Waals surface area contributed by atoms with Crippen molar-refractivity contribution in [3.05, 3.63) is 59.2 Å². The Morgan fingerprint density at radius 2 is 2.07 bits per heavy atom. The van der Waals surface area contributed by atoms with Crippen molar-refractivity contribution in [2.75, 3.05) is 11.9 Å². The van der Waals surface area contributed by atoms with Crippen LogP contribution in [-0.4, -0.2) is 37.5 Å². The Balaban J connectivity index is 1.51. The molecule has 7 nitrogen and oxygen atoms in total. The number of hydrogen-bond donors (Lipinski definition) is 2. The average Bonchev–Trinajstić information content (AvgIpc) is 3.15. The Kier molecular flexibility index (Phi) is 4.58. The number of nitrogens with one attached hydrogen (secondary N) is 2. The zero-order chi connectivity index (χ0) is 18.8. The number of anilines is 1. The average molecular weight is 362 g/mol. The summed E-state index contributed by atoms with van der Waals surface area (Å²) in [6.45, 7) is 5.32. The first-order chi connectivity index (χ1) is 13.1. The maximum absolute atomic E-state index is 11.7. The van der Waals surface area contributed by atoms with Crippen LogP contribution in [0.4, 0.5) is 5.82 Å². The normalized spacial score (nSPS) is 13.3. The van der Waals surface area contributed by atoms with Gasteiger partial charge in [0.2, 0.25) is 5.91 Å². The van der Waals surface area contributed by atoms with Crippen molar-refractivity contribution in [1.29, 1.82) is 0 Å². The largest absolute Gasteiger partial charge is 0.364 e. The second-order valence-electron chi connectivity index (χ2n) is 6.73. The smallest absolute Gasteiger partial charge is 0.219 e. The van der Waals surface area contributed by atoms with Crippen molar-refractivity contribution in [2.45, 2.75) is 33.4 Å². The number of carbonyl (C=O) groups is 1. The number of aromatic amines is 1. The van der Waals surface area contributed by atoms with Gasteiger partial charge in [-0.3, -0.25) is 9.89 Å². The van der Waals surface area contributed by atoms with Gasteiger partial charge in [0.1, 0.15) is 11.6 Å². The summed E-state index contributed by atoms with van der Waals surface area (Å²) in [7, 11) is 0. The molecule has 7 heteroatoms. The Labute approximate surface area is 157 Å². The van der Waals surface area contributed by atoms with Crippen LogP contribution in [0.2, 0.25) is 0 Å². The summed E-state index contributed by atoms with van der Waals surface area (Å²) < 4.78 is 0. The zero-order valence-corrected chi connectivity index (χ0v) is 15.5. The first-order valence-electron chi connectivity index (χ1n) is 9.05. The number of aromatic nitrogens is 4. The molecule has 3 aromatic rings. The molecule has 2 aromatic heterocycles. The topological polar surface area (TPSA) is 86.8 Å². The van der Waals surface area contributed by atoms with E-state index in [2.05, 4.69) is 25.5 Å². The van der Waals surface area contributed by atoms with Crippen LogP contribution in [-0.2, 0) is 24.3 Å². The summed E-state index contributed by atoms with van der Waals surface area (Å²) in [4.78, 5) is 22.6. The van der Waals surface area contributed by atoms with Crippen LogP contribution in [0.5, 0.6) is 0 Å². The van der Waals surface area contributed by atoms with Gasteiger partial charge >= 0.3 is 0 Å². The fraction of sp³-hybridized carbons (Fsp3) is 0.300. The van der Waals surface area contributed by atoms with Crippen LogP contribution in [0, 0.1) is 6.92 Å². The van der Waals surface area contributed by atoms with Crippen LogP contribution < -0.4 is 5.32 Å². The molecule has 4 rings (SSSR count). The lowest BCUT2D eigenvalue weighted by molar-refractivity contribution is -0.129. The van der Waals surface area contributed by atoms with E-state index in [-0.39, 0.29) is 5.91 Å². The Morgan fingerprint density at radius 1 is 1.26 bits per heavy atom. The lowest BCUT2D eigenvalue weighted by atomic mass is 10.1. The molecule has 138 valence electrons. The van der Waals surface area contributed by atoms with Gasteiger partial charge in [-0.25, -0.2) is 9.97 Å². The molecule has 0 bridgehead atoms. The summed E-state index contributed by atoms with van der Waals surface area (Å²) in [6, 6.07) is 12.1. The zero-order valence-electron chi connectivity index (χ0n) is 15.5. The molecule has 0 fully saturated rings. The lowest BCUT2D eigenvalue weighted by Crippen LogP contribution is -2.35. The molecule has 27 heavy (non-hydrogen) atoms. The number of hydrogen-bond acceptors (Lipinski definition) is 5. The second-order valence-corrected chi connectivity index (χ2v) is 6.73. The number of fused-ring (bicyclic) bond motifs is 1. The molecule has 0 unspecified atom stereocenters. The molecular weight excluding hydrogens is 340 g/mol. The molecule has 1 aliphatic rings. The summed E-state index contributed by atoms with van der Waals surface area (Å²) in [5.41, 5.74) is 5.02. The molecule has 0 spiro atoms. The summed E-state index contributed by atoms with van der Waals surface area (Å²) >= 11 is 0. The number of aryl methyl sites for hydroxylation is 1. The van der Waals surface area contributed by atoms with Crippen LogP contribution in [0.1, 0.15) is 29.7 Å². The van der Waals surface area contributed by atoms with E-state index in [4.69, 9.17) is 0 Å². The highest BCUT2D eigenvalue weighted by atomic mass is 16.2. The molecule has 1 aromatic carbocycles. The van der Waals surface area contributed by atoms with E-state index in [1.165, 1.54) is 0 Å². The third-order valence-corrected chi connectivity index (χ3v) is 4.77. The molecule has 0 atom stereocenters. The van der Waals surface area contributed by atoms with Crippen molar-refractivity contribution in [3.8, 4) is 11.3 Å². The molecule has 0 saturated heterocycles. The van der Waals surface area contributed by atoms with Gasteiger partial charge in [-0.15, -0.1) is 0 Å². The Morgan fingerprint density at radius 3 is 2.85 bits per heavy atom. The predicted molar refractivity (Wildman–Crippen MR) is 103 cm³/mol. The highest BCUT2D eigenvalue weighted by Crippen LogP contribution is 2.24. The second kappa shape index (κ2) is 7.19. The molecule has 1 amide bonds. The van der Waals surface area contributed by atoms with Gasteiger partial charge in [-0.05, 0) is 19.4 Å². The quantitative estimate of drug-likeness (QED) is 0.745. The van der Waals surface area contributed by atoms with Crippen LogP contribution in [0.15, 0.2) is 36.4 Å². The fourth-order valence-electron chi connectivity index (χ4n) is 3.36. The summed E-state index contributed by atoms with van der Waals surface area (Å²) in [5, 5.41) is 10.9. The van der Waals surface area contributed by atoms with Gasteiger partial charge in [0.25, 0.3) is 0 Å². The molecule has 0 radical (unpaired) electrons. The van der Waals surface area contributed by atoms with Gasteiger partial charge in [0.05, 0.1) is 30.2 Å². The van der Waals surface area contributed by atoms with Gasteiger partial charge in [-0.1, -0.05) is 30.3 Å². The van der Waals surface area contributed by atoms with E-state index in [1.807, 2.05) is 48.2 Å². The van der Waals surface area contributed by atoms with Crippen molar-refractivity contribution < 1.29 is 4.79 Å². The van der Waals surface area contributed by atoms with Gasteiger partial charge in [0.15, 0.2) is 0 Å². The molecule has 0 aliphatic carbocycles. The molecule has 2 N–H and O–H groups in total. The minimum absolute atomic E-state index is 0.0809. The third kappa shape index (κ3) is 3.67. The Bertz CT molecular complexity index is 966. The number of rotatable bonds is 4. The Hall–Kier alpha value is -3.22. The summed E-state index contributed by atoms with van der Waals surface area (Å²) in [5.74, 6) is 1.63. The van der Waals surface area contributed by atoms with Gasteiger partial charge in [-0.2, -0.15) is 5.10 Å². The van der Waals surface area contributed by atoms with Crippen molar-refractivity contribution in [2.24, 2.45) is 0 Å². The monoisotopic (exact) mass is 362 g/mol. The molecule has 3 heterocycles. The van der Waals surface area contributed by atoms with E-state index in [0.29, 0.717) is 25.5 Å². The maximum atomic E-state index is 11.7. The van der Waals surface area contributed by atoms with Gasteiger partial charge < -0.3 is 10.2 Å². The van der Waals surface area contributed by atoms with E-state index < -0.39 is 0 Å². The molecular formula is C20H22N6O. The van der Waals surface area contributed by atoms with Crippen molar-refractivity contribution in [1.82, 2.24) is 25.1 Å².